The molecule has 1 aromatic heterocycles. The van der Waals surface area contributed by atoms with Crippen LogP contribution in [0.1, 0.15) is 25.0 Å². The third-order valence-corrected chi connectivity index (χ3v) is 4.39. The van der Waals surface area contributed by atoms with E-state index in [1.807, 2.05) is 13.0 Å². The number of aromatic nitrogens is 1. The number of pyridine rings is 1. The van der Waals surface area contributed by atoms with Crippen LogP contribution >= 0.6 is 0 Å². The average Bonchev–Trinajstić information content (AvgIpc) is 2.49. The summed E-state index contributed by atoms with van der Waals surface area (Å²) < 4.78 is 0. The molecule has 0 saturated carbocycles. The van der Waals surface area contributed by atoms with Crippen molar-refractivity contribution >= 4 is 10.9 Å². The number of nitrogens with one attached hydrogen (secondary N) is 2. The van der Waals surface area contributed by atoms with E-state index >= 15 is 0 Å². The van der Waals surface area contributed by atoms with Crippen molar-refractivity contribution in [3.63, 3.8) is 0 Å². The molecule has 0 unspecified atom stereocenters. The normalized spacial score (nSPS) is 20.0. The van der Waals surface area contributed by atoms with Crippen LogP contribution in [0.2, 0.25) is 0 Å². The SMILES string of the molecule is CCc1cc2ccc(CN3CCNC[C@@H]3C)cc2[nH]c1=O. The molecule has 0 radical (unpaired) electrons. The zero-order chi connectivity index (χ0) is 14.8. The molecule has 4 heteroatoms. The molecule has 2 heterocycles. The van der Waals surface area contributed by atoms with E-state index in [1.165, 1.54) is 5.56 Å². The van der Waals surface area contributed by atoms with Crippen LogP contribution in [0.25, 0.3) is 10.9 Å². The predicted octanol–water partition coefficient (Wildman–Crippen LogP) is 1.88. The standard InChI is InChI=1S/C17H23N3O/c1-3-14-9-15-5-4-13(8-16(15)19-17(14)21)11-20-7-6-18-10-12(20)2/h4-5,8-9,12,18H,3,6-7,10-11H2,1-2H3,(H,19,21)/t12-/m0/s1. The van der Waals surface area contributed by atoms with Gasteiger partial charge in [-0.25, -0.2) is 0 Å². The van der Waals surface area contributed by atoms with Gasteiger partial charge in [-0.15, -0.1) is 0 Å². The van der Waals surface area contributed by atoms with Gasteiger partial charge in [0.1, 0.15) is 0 Å². The molecule has 2 N–H and O–H groups in total. The second-order valence-electron chi connectivity index (χ2n) is 5.92. The smallest absolute Gasteiger partial charge is 0.251 e. The van der Waals surface area contributed by atoms with Gasteiger partial charge >= 0.3 is 0 Å². The number of H-pyrrole nitrogens is 1. The molecule has 3 rings (SSSR count). The summed E-state index contributed by atoms with van der Waals surface area (Å²) in [5.74, 6) is 0. The Morgan fingerprint density at radius 3 is 2.95 bits per heavy atom. The lowest BCUT2D eigenvalue weighted by Gasteiger charge is -2.33. The molecule has 21 heavy (non-hydrogen) atoms. The summed E-state index contributed by atoms with van der Waals surface area (Å²) in [6.45, 7) is 8.37. The van der Waals surface area contributed by atoms with Gasteiger partial charge < -0.3 is 10.3 Å². The Kier molecular flexibility index (Phi) is 4.08. The zero-order valence-corrected chi connectivity index (χ0v) is 12.8. The molecule has 1 aliphatic rings. The number of aromatic amines is 1. The monoisotopic (exact) mass is 285 g/mol. The summed E-state index contributed by atoms with van der Waals surface area (Å²) in [6, 6.07) is 8.97. The van der Waals surface area contributed by atoms with E-state index in [0.29, 0.717) is 6.04 Å². The van der Waals surface area contributed by atoms with Crippen molar-refractivity contribution < 1.29 is 0 Å². The second-order valence-corrected chi connectivity index (χ2v) is 5.92. The second kappa shape index (κ2) is 6.00. The van der Waals surface area contributed by atoms with Crippen LogP contribution in [0.3, 0.4) is 0 Å². The van der Waals surface area contributed by atoms with E-state index < -0.39 is 0 Å². The quantitative estimate of drug-likeness (QED) is 0.905. The van der Waals surface area contributed by atoms with Crippen LogP contribution in [0.5, 0.6) is 0 Å². The number of aryl methyl sites for hydroxylation is 1. The van der Waals surface area contributed by atoms with Crippen molar-refractivity contribution in [2.45, 2.75) is 32.9 Å². The maximum Gasteiger partial charge on any atom is 0.251 e. The minimum atomic E-state index is 0.0395. The van der Waals surface area contributed by atoms with Gasteiger partial charge in [0, 0.05) is 43.3 Å². The Morgan fingerprint density at radius 1 is 1.33 bits per heavy atom. The van der Waals surface area contributed by atoms with Crippen molar-refractivity contribution in [1.29, 1.82) is 0 Å². The molecule has 1 saturated heterocycles. The Bertz CT molecular complexity index is 692. The highest BCUT2D eigenvalue weighted by Crippen LogP contribution is 2.16. The molecule has 112 valence electrons. The summed E-state index contributed by atoms with van der Waals surface area (Å²) in [5.41, 5.74) is 3.09. The number of piperazine rings is 1. The van der Waals surface area contributed by atoms with Crippen molar-refractivity contribution in [3.05, 3.63) is 45.7 Å². The first-order chi connectivity index (χ1) is 10.2. The third-order valence-electron chi connectivity index (χ3n) is 4.39. The summed E-state index contributed by atoms with van der Waals surface area (Å²) in [4.78, 5) is 17.4. The minimum Gasteiger partial charge on any atom is -0.322 e. The van der Waals surface area contributed by atoms with Gasteiger partial charge in [-0.05, 0) is 36.4 Å². The van der Waals surface area contributed by atoms with Gasteiger partial charge in [-0.3, -0.25) is 9.69 Å². The van der Waals surface area contributed by atoms with Gasteiger partial charge in [-0.1, -0.05) is 19.1 Å². The van der Waals surface area contributed by atoms with Gasteiger partial charge in [0.05, 0.1) is 0 Å². The molecule has 2 aromatic rings. The molecule has 1 fully saturated rings. The molecular formula is C17H23N3O. The molecule has 0 bridgehead atoms. The van der Waals surface area contributed by atoms with Crippen LogP contribution in [-0.2, 0) is 13.0 Å². The Labute approximate surface area is 125 Å². The minimum absolute atomic E-state index is 0.0395. The first-order valence-corrected chi connectivity index (χ1v) is 7.77. The molecular weight excluding hydrogens is 262 g/mol. The van der Waals surface area contributed by atoms with Crippen LogP contribution in [-0.4, -0.2) is 35.6 Å². The van der Waals surface area contributed by atoms with Crippen molar-refractivity contribution in [2.24, 2.45) is 0 Å². The van der Waals surface area contributed by atoms with Gasteiger partial charge in [0.25, 0.3) is 5.56 Å². The lowest BCUT2D eigenvalue weighted by atomic mass is 10.1. The molecule has 1 atom stereocenters. The van der Waals surface area contributed by atoms with Crippen molar-refractivity contribution in [2.75, 3.05) is 19.6 Å². The fraction of sp³-hybridized carbons (Fsp3) is 0.471. The van der Waals surface area contributed by atoms with Crippen LogP contribution in [0.15, 0.2) is 29.1 Å². The fourth-order valence-electron chi connectivity index (χ4n) is 3.01. The number of hydrogen-bond donors (Lipinski definition) is 2. The van der Waals surface area contributed by atoms with E-state index in [9.17, 15) is 4.79 Å². The van der Waals surface area contributed by atoms with Crippen LogP contribution < -0.4 is 10.9 Å². The summed E-state index contributed by atoms with van der Waals surface area (Å²) >= 11 is 0. The maximum atomic E-state index is 11.9. The van der Waals surface area contributed by atoms with Gasteiger partial charge in [0.15, 0.2) is 0 Å². The lowest BCUT2D eigenvalue weighted by Crippen LogP contribution is -2.49. The van der Waals surface area contributed by atoms with E-state index in [-0.39, 0.29) is 5.56 Å². The summed E-state index contributed by atoms with van der Waals surface area (Å²) in [5, 5.41) is 4.53. The highest BCUT2D eigenvalue weighted by atomic mass is 16.1. The number of rotatable bonds is 3. The molecule has 0 aliphatic carbocycles. The van der Waals surface area contributed by atoms with Crippen LogP contribution in [0.4, 0.5) is 0 Å². The van der Waals surface area contributed by atoms with Gasteiger partial charge in [0.2, 0.25) is 0 Å². The Hall–Kier alpha value is -1.65. The molecule has 0 amide bonds. The molecule has 1 aromatic carbocycles. The molecule has 4 nitrogen and oxygen atoms in total. The fourth-order valence-corrected chi connectivity index (χ4v) is 3.01. The first-order valence-electron chi connectivity index (χ1n) is 7.77. The predicted molar refractivity (Wildman–Crippen MR) is 86.7 cm³/mol. The Morgan fingerprint density at radius 2 is 2.19 bits per heavy atom. The van der Waals surface area contributed by atoms with E-state index in [0.717, 1.165) is 49.1 Å². The molecule has 1 aliphatic heterocycles. The third kappa shape index (κ3) is 3.01. The average molecular weight is 285 g/mol. The Balaban J connectivity index is 1.88. The maximum absolute atomic E-state index is 11.9. The van der Waals surface area contributed by atoms with Crippen LogP contribution in [0, 0.1) is 0 Å². The number of nitrogens with zero attached hydrogens (tertiary/aromatic N) is 1. The topological polar surface area (TPSA) is 48.1 Å². The molecule has 0 spiro atoms. The largest absolute Gasteiger partial charge is 0.322 e. The lowest BCUT2D eigenvalue weighted by molar-refractivity contribution is 0.165. The van der Waals surface area contributed by atoms with E-state index in [4.69, 9.17) is 0 Å². The van der Waals surface area contributed by atoms with Gasteiger partial charge in [-0.2, -0.15) is 0 Å². The zero-order valence-electron chi connectivity index (χ0n) is 12.8. The number of fused-ring (bicyclic) bond motifs is 1. The van der Waals surface area contributed by atoms with Crippen molar-refractivity contribution in [1.82, 2.24) is 15.2 Å². The van der Waals surface area contributed by atoms with E-state index in [1.54, 1.807) is 0 Å². The van der Waals surface area contributed by atoms with E-state index in [2.05, 4.69) is 40.3 Å². The summed E-state index contributed by atoms with van der Waals surface area (Å²) in [7, 11) is 0. The highest BCUT2D eigenvalue weighted by molar-refractivity contribution is 5.79. The number of hydrogen-bond acceptors (Lipinski definition) is 3. The summed E-state index contributed by atoms with van der Waals surface area (Å²) in [6.07, 6.45) is 0.769. The number of benzene rings is 1. The van der Waals surface area contributed by atoms with Crippen molar-refractivity contribution in [3.8, 4) is 0 Å². The highest BCUT2D eigenvalue weighted by Gasteiger charge is 2.17. The first kappa shape index (κ1) is 14.3.